The quantitative estimate of drug-likeness (QED) is 0.746. The fourth-order valence-electron chi connectivity index (χ4n) is 2.90. The topological polar surface area (TPSA) is 23.6 Å². The lowest BCUT2D eigenvalue weighted by Gasteiger charge is -2.15. The Bertz CT molecular complexity index is 796. The maximum absolute atomic E-state index is 12.7. The Balaban J connectivity index is 2.06. The third-order valence-corrected chi connectivity index (χ3v) is 4.68. The van der Waals surface area contributed by atoms with Crippen LogP contribution in [0.4, 0.5) is 11.4 Å². The van der Waals surface area contributed by atoms with E-state index in [0.29, 0.717) is 6.54 Å². The van der Waals surface area contributed by atoms with Crippen molar-refractivity contribution in [1.29, 1.82) is 0 Å². The number of carbonyl (C=O) groups excluding carboxylic acids is 1. The summed E-state index contributed by atoms with van der Waals surface area (Å²) in [7, 11) is 4.02. The minimum atomic E-state index is 0.0708. The Labute approximate surface area is 145 Å². The van der Waals surface area contributed by atoms with Crippen molar-refractivity contribution in [3.8, 4) is 0 Å². The van der Waals surface area contributed by atoms with Crippen LogP contribution < -0.4 is 9.80 Å². The Kier molecular flexibility index (Phi) is 4.26. The molecule has 0 N–H and O–H groups in total. The predicted molar refractivity (Wildman–Crippen MR) is 101 cm³/mol. The van der Waals surface area contributed by atoms with Crippen molar-refractivity contribution in [2.45, 2.75) is 6.92 Å². The van der Waals surface area contributed by atoms with Crippen LogP contribution in [-0.2, 0) is 4.79 Å². The van der Waals surface area contributed by atoms with Gasteiger partial charge >= 0.3 is 0 Å². The van der Waals surface area contributed by atoms with E-state index in [1.165, 1.54) is 0 Å². The van der Waals surface area contributed by atoms with Crippen molar-refractivity contribution in [3.05, 3.63) is 58.1 Å². The monoisotopic (exact) mass is 370 g/mol. The summed E-state index contributed by atoms with van der Waals surface area (Å²) in [5.74, 6) is 0.0708. The number of anilines is 2. The number of amides is 1. The molecule has 4 heteroatoms. The summed E-state index contributed by atoms with van der Waals surface area (Å²) < 4.78 is 1.02. The molecule has 23 heavy (non-hydrogen) atoms. The van der Waals surface area contributed by atoms with Crippen molar-refractivity contribution in [2.75, 3.05) is 30.4 Å². The summed E-state index contributed by atoms with van der Waals surface area (Å²) in [4.78, 5) is 16.6. The van der Waals surface area contributed by atoms with Crippen molar-refractivity contribution < 1.29 is 4.79 Å². The normalized spacial score (nSPS) is 15.2. The lowest BCUT2D eigenvalue weighted by molar-refractivity contribution is -0.112. The molecule has 3 nitrogen and oxygen atoms in total. The molecule has 1 heterocycles. The summed E-state index contributed by atoms with van der Waals surface area (Å²) in [6, 6.07) is 14.1. The van der Waals surface area contributed by atoms with E-state index in [9.17, 15) is 4.79 Å². The van der Waals surface area contributed by atoms with Gasteiger partial charge in [-0.1, -0.05) is 24.3 Å². The van der Waals surface area contributed by atoms with E-state index in [0.717, 1.165) is 32.5 Å². The molecule has 0 radical (unpaired) electrons. The zero-order chi connectivity index (χ0) is 16.6. The molecule has 2 aromatic rings. The van der Waals surface area contributed by atoms with E-state index in [1.807, 2.05) is 68.4 Å². The highest BCUT2D eigenvalue weighted by Crippen LogP contribution is 2.38. The SMILES string of the molecule is CCN1C(=O)/C(=C/c2ccc(N(C)C)c(Br)c2)c2ccccc21. The van der Waals surface area contributed by atoms with Crippen LogP contribution in [0.15, 0.2) is 46.9 Å². The summed E-state index contributed by atoms with van der Waals surface area (Å²) in [5.41, 5.74) is 4.88. The molecular formula is C19H19BrN2O. The van der Waals surface area contributed by atoms with E-state index in [-0.39, 0.29) is 5.91 Å². The second-order valence-corrected chi connectivity index (χ2v) is 6.58. The number of fused-ring (bicyclic) bond motifs is 1. The first-order valence-corrected chi connectivity index (χ1v) is 8.42. The van der Waals surface area contributed by atoms with E-state index < -0.39 is 0 Å². The number of rotatable bonds is 3. The minimum absolute atomic E-state index is 0.0708. The van der Waals surface area contributed by atoms with Gasteiger partial charge in [-0.2, -0.15) is 0 Å². The predicted octanol–water partition coefficient (Wildman–Crippen LogP) is 4.42. The highest BCUT2D eigenvalue weighted by Gasteiger charge is 2.30. The van der Waals surface area contributed by atoms with Crippen LogP contribution in [-0.4, -0.2) is 26.5 Å². The lowest BCUT2D eigenvalue weighted by Crippen LogP contribution is -2.25. The molecule has 0 fully saturated rings. The average Bonchev–Trinajstić information content (AvgIpc) is 2.79. The second-order valence-electron chi connectivity index (χ2n) is 5.73. The van der Waals surface area contributed by atoms with E-state index in [1.54, 1.807) is 0 Å². The van der Waals surface area contributed by atoms with Crippen LogP contribution >= 0.6 is 15.9 Å². The van der Waals surface area contributed by atoms with Gasteiger partial charge in [0.2, 0.25) is 0 Å². The Hall–Kier alpha value is -2.07. The summed E-state index contributed by atoms with van der Waals surface area (Å²) in [5, 5.41) is 0. The highest BCUT2D eigenvalue weighted by atomic mass is 79.9. The van der Waals surface area contributed by atoms with Crippen LogP contribution in [0.1, 0.15) is 18.1 Å². The van der Waals surface area contributed by atoms with E-state index in [2.05, 4.69) is 26.9 Å². The largest absolute Gasteiger partial charge is 0.377 e. The number of likely N-dealkylation sites (N-methyl/N-ethyl adjacent to an activating group) is 1. The fraction of sp³-hybridized carbons (Fsp3) is 0.211. The minimum Gasteiger partial charge on any atom is -0.377 e. The number of hydrogen-bond acceptors (Lipinski definition) is 2. The van der Waals surface area contributed by atoms with Gasteiger partial charge in [0, 0.05) is 36.2 Å². The third-order valence-electron chi connectivity index (χ3n) is 4.04. The first-order valence-electron chi connectivity index (χ1n) is 7.62. The van der Waals surface area contributed by atoms with Gasteiger partial charge in [-0.3, -0.25) is 4.79 Å². The molecule has 0 bridgehead atoms. The van der Waals surface area contributed by atoms with Gasteiger partial charge in [0.1, 0.15) is 0 Å². The number of nitrogens with zero attached hydrogens (tertiary/aromatic N) is 2. The molecule has 0 unspecified atom stereocenters. The number of hydrogen-bond donors (Lipinski definition) is 0. The van der Waals surface area contributed by atoms with Crippen molar-refractivity contribution >= 4 is 44.9 Å². The fourth-order valence-corrected chi connectivity index (χ4v) is 3.65. The van der Waals surface area contributed by atoms with Crippen molar-refractivity contribution in [2.24, 2.45) is 0 Å². The van der Waals surface area contributed by atoms with Gasteiger partial charge in [-0.15, -0.1) is 0 Å². The van der Waals surface area contributed by atoms with Crippen molar-refractivity contribution in [1.82, 2.24) is 0 Å². The summed E-state index contributed by atoms with van der Waals surface area (Å²) >= 11 is 3.60. The van der Waals surface area contributed by atoms with Gasteiger partial charge in [0.25, 0.3) is 5.91 Å². The van der Waals surface area contributed by atoms with Crippen molar-refractivity contribution in [3.63, 3.8) is 0 Å². The van der Waals surface area contributed by atoms with Crippen LogP contribution in [0.2, 0.25) is 0 Å². The highest BCUT2D eigenvalue weighted by molar-refractivity contribution is 9.10. The molecule has 1 amide bonds. The zero-order valence-corrected chi connectivity index (χ0v) is 15.1. The van der Waals surface area contributed by atoms with Gasteiger partial charge in [-0.05, 0) is 52.7 Å². The molecule has 0 aliphatic carbocycles. The van der Waals surface area contributed by atoms with Gasteiger partial charge in [0.15, 0.2) is 0 Å². The smallest absolute Gasteiger partial charge is 0.258 e. The Morgan fingerprint density at radius 2 is 1.91 bits per heavy atom. The Morgan fingerprint density at radius 3 is 2.57 bits per heavy atom. The van der Waals surface area contributed by atoms with E-state index >= 15 is 0 Å². The van der Waals surface area contributed by atoms with Crippen LogP contribution in [0.5, 0.6) is 0 Å². The third kappa shape index (κ3) is 2.79. The van der Waals surface area contributed by atoms with Crippen LogP contribution in [0.25, 0.3) is 11.6 Å². The maximum Gasteiger partial charge on any atom is 0.258 e. The van der Waals surface area contributed by atoms with Gasteiger partial charge in [-0.25, -0.2) is 0 Å². The molecule has 0 aromatic heterocycles. The maximum atomic E-state index is 12.7. The number of halogens is 1. The van der Waals surface area contributed by atoms with Gasteiger partial charge < -0.3 is 9.80 Å². The molecule has 0 spiro atoms. The number of carbonyl (C=O) groups is 1. The average molecular weight is 371 g/mol. The van der Waals surface area contributed by atoms with Gasteiger partial charge in [0.05, 0.1) is 11.4 Å². The Morgan fingerprint density at radius 1 is 1.17 bits per heavy atom. The zero-order valence-electron chi connectivity index (χ0n) is 13.5. The molecule has 0 atom stereocenters. The molecule has 0 saturated heterocycles. The van der Waals surface area contributed by atoms with E-state index in [4.69, 9.17) is 0 Å². The van der Waals surface area contributed by atoms with Crippen LogP contribution in [0, 0.1) is 0 Å². The molecule has 118 valence electrons. The number of benzene rings is 2. The molecule has 1 aliphatic heterocycles. The first kappa shape index (κ1) is 15.8. The standard InChI is InChI=1S/C19H19BrN2O/c1-4-22-17-8-6-5-7-14(17)15(19(22)23)11-13-9-10-18(21(2)3)16(20)12-13/h5-12H,4H2,1-3H3/b15-11+. The molecule has 3 rings (SSSR count). The molecule has 1 aliphatic rings. The lowest BCUT2D eigenvalue weighted by atomic mass is 10.0. The second kappa shape index (κ2) is 6.20. The first-order chi connectivity index (χ1) is 11.0. The molecule has 0 saturated carbocycles. The number of para-hydroxylation sites is 1. The summed E-state index contributed by atoms with van der Waals surface area (Å²) in [6.07, 6.45) is 1.97. The molecule has 2 aromatic carbocycles. The van der Waals surface area contributed by atoms with Crippen LogP contribution in [0.3, 0.4) is 0 Å². The molecular weight excluding hydrogens is 352 g/mol. The summed E-state index contributed by atoms with van der Waals surface area (Å²) in [6.45, 7) is 2.68.